The molecular weight excluding hydrogens is 224 g/mol. The maximum Gasteiger partial charge on any atom is 0.151 e. The first-order valence-corrected chi connectivity index (χ1v) is 7.95. The zero-order valence-corrected chi connectivity index (χ0v) is 11.2. The summed E-state index contributed by atoms with van der Waals surface area (Å²) in [7, 11) is -2.84. The second kappa shape index (κ2) is 5.98. The Labute approximate surface area is 99.1 Å². The fourth-order valence-electron chi connectivity index (χ4n) is 2.17. The van der Waals surface area contributed by atoms with E-state index in [-0.39, 0.29) is 11.5 Å². The highest BCUT2D eigenvalue weighted by molar-refractivity contribution is 7.91. The molecule has 1 aliphatic heterocycles. The molecule has 0 saturated carbocycles. The van der Waals surface area contributed by atoms with E-state index in [1.807, 2.05) is 0 Å². The molecule has 96 valence electrons. The molecule has 2 atom stereocenters. The Hall–Kier alpha value is -0.130. The summed E-state index contributed by atoms with van der Waals surface area (Å²) in [5.41, 5.74) is 5.67. The second-order valence-corrected chi connectivity index (χ2v) is 7.23. The number of hydrogen-bond acceptors (Lipinski definition) is 4. The van der Waals surface area contributed by atoms with Crippen molar-refractivity contribution in [1.82, 2.24) is 4.90 Å². The summed E-state index contributed by atoms with van der Waals surface area (Å²) >= 11 is 0. The summed E-state index contributed by atoms with van der Waals surface area (Å²) in [5, 5.41) is 0. The Bertz CT molecular complexity index is 303. The standard InChI is InChI=1S/C11H24N2O2S/c1-3-16(14,15)7-6-13-9-11(8-12)5-4-10(13)2/h10-11H,3-9,12H2,1-2H3. The van der Waals surface area contributed by atoms with E-state index in [1.54, 1.807) is 6.92 Å². The average molecular weight is 248 g/mol. The molecule has 1 aliphatic rings. The van der Waals surface area contributed by atoms with Gasteiger partial charge in [-0.3, -0.25) is 4.90 Å². The van der Waals surface area contributed by atoms with E-state index in [4.69, 9.17) is 5.73 Å². The Morgan fingerprint density at radius 3 is 2.62 bits per heavy atom. The molecule has 1 fully saturated rings. The molecule has 2 N–H and O–H groups in total. The van der Waals surface area contributed by atoms with Gasteiger partial charge in [-0.25, -0.2) is 8.42 Å². The van der Waals surface area contributed by atoms with E-state index in [0.29, 0.717) is 25.0 Å². The third-order valence-electron chi connectivity index (χ3n) is 3.57. The van der Waals surface area contributed by atoms with Crippen LogP contribution in [0.3, 0.4) is 0 Å². The molecule has 0 aromatic rings. The number of nitrogens with zero attached hydrogens (tertiary/aromatic N) is 1. The van der Waals surface area contributed by atoms with Crippen molar-refractivity contribution < 1.29 is 8.42 Å². The predicted molar refractivity (Wildman–Crippen MR) is 67.1 cm³/mol. The third-order valence-corrected chi connectivity index (χ3v) is 5.26. The van der Waals surface area contributed by atoms with Crippen molar-refractivity contribution in [2.45, 2.75) is 32.7 Å². The molecule has 4 nitrogen and oxygen atoms in total. The lowest BCUT2D eigenvalue weighted by Crippen LogP contribution is -2.45. The highest BCUT2D eigenvalue weighted by Crippen LogP contribution is 2.20. The molecule has 0 amide bonds. The molecule has 0 aliphatic carbocycles. The van der Waals surface area contributed by atoms with Crippen molar-refractivity contribution in [2.75, 3.05) is 31.1 Å². The van der Waals surface area contributed by atoms with Gasteiger partial charge < -0.3 is 5.73 Å². The topological polar surface area (TPSA) is 63.4 Å². The van der Waals surface area contributed by atoms with E-state index >= 15 is 0 Å². The van der Waals surface area contributed by atoms with E-state index < -0.39 is 9.84 Å². The predicted octanol–water partition coefficient (Wildman–Crippen LogP) is 0.480. The molecule has 1 rings (SSSR count). The van der Waals surface area contributed by atoms with Crippen LogP contribution in [-0.4, -0.2) is 50.5 Å². The third kappa shape index (κ3) is 4.03. The quantitative estimate of drug-likeness (QED) is 0.768. The van der Waals surface area contributed by atoms with Crippen LogP contribution in [0.25, 0.3) is 0 Å². The Morgan fingerprint density at radius 1 is 1.38 bits per heavy atom. The van der Waals surface area contributed by atoms with Crippen LogP contribution in [0.4, 0.5) is 0 Å². The molecule has 0 radical (unpaired) electrons. The van der Waals surface area contributed by atoms with Crippen LogP contribution in [0.15, 0.2) is 0 Å². The van der Waals surface area contributed by atoms with Gasteiger partial charge in [-0.1, -0.05) is 6.92 Å². The Kier molecular flexibility index (Phi) is 5.21. The van der Waals surface area contributed by atoms with Crippen LogP contribution in [0.2, 0.25) is 0 Å². The zero-order chi connectivity index (χ0) is 12.2. The maximum absolute atomic E-state index is 11.4. The number of sulfone groups is 1. The van der Waals surface area contributed by atoms with Gasteiger partial charge in [-0.2, -0.15) is 0 Å². The van der Waals surface area contributed by atoms with Crippen LogP contribution in [0, 0.1) is 5.92 Å². The fourth-order valence-corrected chi connectivity index (χ4v) is 2.97. The first-order valence-electron chi connectivity index (χ1n) is 6.13. The highest BCUT2D eigenvalue weighted by Gasteiger charge is 2.25. The van der Waals surface area contributed by atoms with Crippen molar-refractivity contribution in [2.24, 2.45) is 11.7 Å². The van der Waals surface area contributed by atoms with Crippen molar-refractivity contribution in [3.8, 4) is 0 Å². The minimum Gasteiger partial charge on any atom is -0.330 e. The zero-order valence-electron chi connectivity index (χ0n) is 10.4. The number of piperidine rings is 1. The highest BCUT2D eigenvalue weighted by atomic mass is 32.2. The summed E-state index contributed by atoms with van der Waals surface area (Å²) in [6.45, 7) is 6.21. The lowest BCUT2D eigenvalue weighted by Gasteiger charge is -2.37. The van der Waals surface area contributed by atoms with Gasteiger partial charge in [0.05, 0.1) is 5.75 Å². The van der Waals surface area contributed by atoms with Crippen molar-refractivity contribution >= 4 is 9.84 Å². The summed E-state index contributed by atoms with van der Waals surface area (Å²) in [4.78, 5) is 2.27. The molecule has 0 spiro atoms. The summed E-state index contributed by atoms with van der Waals surface area (Å²) in [6, 6.07) is 0.495. The lowest BCUT2D eigenvalue weighted by molar-refractivity contribution is 0.128. The summed E-state index contributed by atoms with van der Waals surface area (Å²) in [5.74, 6) is 1.07. The van der Waals surface area contributed by atoms with Crippen LogP contribution in [0.1, 0.15) is 26.7 Å². The largest absolute Gasteiger partial charge is 0.330 e. The molecule has 2 unspecified atom stereocenters. The minimum atomic E-state index is -2.84. The summed E-state index contributed by atoms with van der Waals surface area (Å²) in [6.07, 6.45) is 2.31. The normalized spacial score (nSPS) is 28.2. The van der Waals surface area contributed by atoms with Crippen LogP contribution in [0.5, 0.6) is 0 Å². The molecule has 0 bridgehead atoms. The number of hydrogen-bond donors (Lipinski definition) is 1. The molecule has 0 aromatic heterocycles. The fraction of sp³-hybridized carbons (Fsp3) is 1.00. The van der Waals surface area contributed by atoms with E-state index in [1.165, 1.54) is 6.42 Å². The Morgan fingerprint density at radius 2 is 2.06 bits per heavy atom. The number of nitrogens with two attached hydrogens (primary N) is 1. The lowest BCUT2D eigenvalue weighted by atomic mass is 9.94. The number of likely N-dealkylation sites (tertiary alicyclic amines) is 1. The van der Waals surface area contributed by atoms with Gasteiger partial charge in [-0.05, 0) is 32.2 Å². The van der Waals surface area contributed by atoms with Crippen molar-refractivity contribution in [3.63, 3.8) is 0 Å². The van der Waals surface area contributed by atoms with E-state index in [2.05, 4.69) is 11.8 Å². The molecule has 0 aromatic carbocycles. The minimum absolute atomic E-state index is 0.246. The van der Waals surface area contributed by atoms with E-state index in [9.17, 15) is 8.42 Å². The molecule has 1 heterocycles. The second-order valence-electron chi connectivity index (χ2n) is 4.76. The van der Waals surface area contributed by atoms with Crippen molar-refractivity contribution in [1.29, 1.82) is 0 Å². The first-order chi connectivity index (χ1) is 7.48. The number of rotatable bonds is 5. The van der Waals surface area contributed by atoms with Crippen LogP contribution < -0.4 is 5.73 Å². The molecule has 16 heavy (non-hydrogen) atoms. The van der Waals surface area contributed by atoms with Crippen LogP contribution >= 0.6 is 0 Å². The molecular formula is C11H24N2O2S. The van der Waals surface area contributed by atoms with E-state index in [0.717, 1.165) is 13.0 Å². The molecule has 5 heteroatoms. The van der Waals surface area contributed by atoms with Gasteiger partial charge in [0.25, 0.3) is 0 Å². The molecule has 1 saturated heterocycles. The van der Waals surface area contributed by atoms with Gasteiger partial charge in [-0.15, -0.1) is 0 Å². The van der Waals surface area contributed by atoms with Crippen molar-refractivity contribution in [3.05, 3.63) is 0 Å². The SMILES string of the molecule is CCS(=O)(=O)CCN1CC(CN)CCC1C. The summed E-state index contributed by atoms with van der Waals surface area (Å²) < 4.78 is 22.9. The van der Waals surface area contributed by atoms with Gasteiger partial charge in [0.2, 0.25) is 0 Å². The maximum atomic E-state index is 11.4. The monoisotopic (exact) mass is 248 g/mol. The average Bonchev–Trinajstić information content (AvgIpc) is 2.28. The first kappa shape index (κ1) is 13.9. The van der Waals surface area contributed by atoms with Crippen LogP contribution in [-0.2, 0) is 9.84 Å². The smallest absolute Gasteiger partial charge is 0.151 e. The van der Waals surface area contributed by atoms with Gasteiger partial charge in [0.1, 0.15) is 0 Å². The van der Waals surface area contributed by atoms with Gasteiger partial charge in [0, 0.05) is 24.9 Å². The Balaban J connectivity index is 2.45. The van der Waals surface area contributed by atoms with Gasteiger partial charge >= 0.3 is 0 Å². The van der Waals surface area contributed by atoms with Gasteiger partial charge in [0.15, 0.2) is 9.84 Å².